The highest BCUT2D eigenvalue weighted by Gasteiger charge is 2.20. The molecule has 1 unspecified atom stereocenters. The summed E-state index contributed by atoms with van der Waals surface area (Å²) in [7, 11) is 0. The molecule has 0 saturated carbocycles. The largest absolute Gasteiger partial charge is 0.350 e. The third kappa shape index (κ3) is 5.11. The summed E-state index contributed by atoms with van der Waals surface area (Å²) in [6.45, 7) is 4.06. The Morgan fingerprint density at radius 1 is 0.955 bits per heavy atom. The average Bonchev–Trinajstić information content (AvgIpc) is 2.55. The lowest BCUT2D eigenvalue weighted by atomic mass is 10.2. The molecule has 1 aliphatic rings. The van der Waals surface area contributed by atoms with Crippen LogP contribution in [0.4, 0.5) is 0 Å². The summed E-state index contributed by atoms with van der Waals surface area (Å²) in [5, 5.41) is 0. The molecule has 0 amide bonds. The first-order chi connectivity index (χ1) is 10.4. The summed E-state index contributed by atoms with van der Waals surface area (Å²) >= 11 is 0. The van der Waals surface area contributed by atoms with E-state index in [0.29, 0.717) is 6.61 Å². The fourth-order valence-electron chi connectivity index (χ4n) is 2.52. The highest BCUT2D eigenvalue weighted by Crippen LogP contribution is 2.13. The summed E-state index contributed by atoms with van der Waals surface area (Å²) in [5.74, 6) is 0. The van der Waals surface area contributed by atoms with E-state index in [1.54, 1.807) is 0 Å². The zero-order chi connectivity index (χ0) is 14.3. The highest BCUT2D eigenvalue weighted by molar-refractivity contribution is 5.85. The molecule has 4 heteroatoms. The molecule has 1 heterocycles. The maximum absolute atomic E-state index is 5.87. The standard InChI is InChI=1S/C18H21NO2.ClH/c1-3-7-16(8-4-1)13-19-11-12-20-18(14-19)21-15-17-9-5-2-6-10-17;/h1-10,18H,11-15H2;1H. The van der Waals surface area contributed by atoms with Crippen molar-refractivity contribution in [2.45, 2.75) is 19.4 Å². The molecule has 1 fully saturated rings. The Morgan fingerprint density at radius 2 is 1.59 bits per heavy atom. The van der Waals surface area contributed by atoms with Crippen LogP contribution < -0.4 is 0 Å². The van der Waals surface area contributed by atoms with Gasteiger partial charge in [0.05, 0.1) is 13.2 Å². The molecule has 1 atom stereocenters. The van der Waals surface area contributed by atoms with Gasteiger partial charge in [-0.05, 0) is 11.1 Å². The van der Waals surface area contributed by atoms with Crippen molar-refractivity contribution in [3.63, 3.8) is 0 Å². The van der Waals surface area contributed by atoms with Crippen molar-refractivity contribution in [1.82, 2.24) is 4.90 Å². The van der Waals surface area contributed by atoms with Crippen LogP contribution in [-0.2, 0) is 22.6 Å². The Balaban J connectivity index is 0.00000176. The molecular formula is C18H22ClNO2. The van der Waals surface area contributed by atoms with Crippen LogP contribution in [0, 0.1) is 0 Å². The van der Waals surface area contributed by atoms with Crippen LogP contribution in [0.15, 0.2) is 60.7 Å². The molecule has 0 bridgehead atoms. The zero-order valence-corrected chi connectivity index (χ0v) is 13.4. The fraction of sp³-hybridized carbons (Fsp3) is 0.333. The average molecular weight is 320 g/mol. The van der Waals surface area contributed by atoms with Crippen molar-refractivity contribution in [3.05, 3.63) is 71.8 Å². The van der Waals surface area contributed by atoms with E-state index in [2.05, 4.69) is 47.4 Å². The highest BCUT2D eigenvalue weighted by atomic mass is 35.5. The van der Waals surface area contributed by atoms with Crippen molar-refractivity contribution >= 4 is 12.4 Å². The van der Waals surface area contributed by atoms with E-state index >= 15 is 0 Å². The Morgan fingerprint density at radius 3 is 2.27 bits per heavy atom. The lowest BCUT2D eigenvalue weighted by molar-refractivity contribution is -0.186. The molecule has 22 heavy (non-hydrogen) atoms. The smallest absolute Gasteiger partial charge is 0.170 e. The van der Waals surface area contributed by atoms with Crippen LogP contribution >= 0.6 is 12.4 Å². The van der Waals surface area contributed by atoms with Crippen molar-refractivity contribution in [1.29, 1.82) is 0 Å². The lowest BCUT2D eigenvalue weighted by Gasteiger charge is -2.32. The molecular weight excluding hydrogens is 298 g/mol. The van der Waals surface area contributed by atoms with Crippen LogP contribution in [0.25, 0.3) is 0 Å². The molecule has 0 N–H and O–H groups in total. The van der Waals surface area contributed by atoms with Gasteiger partial charge in [0, 0.05) is 19.6 Å². The molecule has 2 aromatic rings. The zero-order valence-electron chi connectivity index (χ0n) is 12.6. The van der Waals surface area contributed by atoms with Gasteiger partial charge in [-0.25, -0.2) is 0 Å². The molecule has 0 radical (unpaired) electrons. The van der Waals surface area contributed by atoms with Gasteiger partial charge in [-0.2, -0.15) is 0 Å². The number of rotatable bonds is 5. The quantitative estimate of drug-likeness (QED) is 0.842. The predicted octanol–water partition coefficient (Wildman–Crippen LogP) is 3.48. The van der Waals surface area contributed by atoms with Crippen molar-refractivity contribution in [2.75, 3.05) is 19.7 Å². The summed E-state index contributed by atoms with van der Waals surface area (Å²) in [5.41, 5.74) is 2.52. The van der Waals surface area contributed by atoms with Crippen molar-refractivity contribution in [3.8, 4) is 0 Å². The normalized spacial score (nSPS) is 18.6. The third-order valence-electron chi connectivity index (χ3n) is 3.65. The Labute approximate surface area is 138 Å². The van der Waals surface area contributed by atoms with Crippen molar-refractivity contribution in [2.24, 2.45) is 0 Å². The molecule has 0 aromatic heterocycles. The minimum Gasteiger partial charge on any atom is -0.350 e. The number of ether oxygens (including phenoxy) is 2. The fourth-order valence-corrected chi connectivity index (χ4v) is 2.52. The first kappa shape index (κ1) is 17.0. The summed E-state index contributed by atoms with van der Waals surface area (Å²) in [4.78, 5) is 2.38. The molecule has 118 valence electrons. The monoisotopic (exact) mass is 319 g/mol. The topological polar surface area (TPSA) is 21.7 Å². The number of nitrogens with zero attached hydrogens (tertiary/aromatic N) is 1. The van der Waals surface area contributed by atoms with Crippen LogP contribution in [-0.4, -0.2) is 30.9 Å². The van der Waals surface area contributed by atoms with Gasteiger partial charge in [-0.1, -0.05) is 60.7 Å². The van der Waals surface area contributed by atoms with Crippen molar-refractivity contribution < 1.29 is 9.47 Å². The maximum atomic E-state index is 5.87. The van der Waals surface area contributed by atoms with Crippen LogP contribution in [0.3, 0.4) is 0 Å². The summed E-state index contributed by atoms with van der Waals surface area (Å²) < 4.78 is 11.6. The second-order valence-electron chi connectivity index (χ2n) is 5.32. The van der Waals surface area contributed by atoms with Crippen LogP contribution in [0.5, 0.6) is 0 Å². The van der Waals surface area contributed by atoms with Gasteiger partial charge in [0.15, 0.2) is 6.29 Å². The van der Waals surface area contributed by atoms with Gasteiger partial charge in [0.1, 0.15) is 0 Å². The summed E-state index contributed by atoms with van der Waals surface area (Å²) in [6.07, 6.45) is -0.136. The lowest BCUT2D eigenvalue weighted by Crippen LogP contribution is -2.43. The van der Waals surface area contributed by atoms with Gasteiger partial charge in [0.25, 0.3) is 0 Å². The second-order valence-corrected chi connectivity index (χ2v) is 5.32. The minimum absolute atomic E-state index is 0. The van der Waals surface area contributed by atoms with Gasteiger partial charge >= 0.3 is 0 Å². The molecule has 1 saturated heterocycles. The molecule has 2 aromatic carbocycles. The van der Waals surface area contributed by atoms with E-state index < -0.39 is 0 Å². The van der Waals surface area contributed by atoms with E-state index in [4.69, 9.17) is 9.47 Å². The molecule has 3 nitrogen and oxygen atoms in total. The Kier molecular flexibility index (Phi) is 6.87. The number of benzene rings is 2. The number of hydrogen-bond donors (Lipinski definition) is 0. The van der Waals surface area contributed by atoms with E-state index in [-0.39, 0.29) is 18.7 Å². The number of morpholine rings is 1. The number of hydrogen-bond acceptors (Lipinski definition) is 3. The van der Waals surface area contributed by atoms with E-state index in [0.717, 1.165) is 26.2 Å². The number of halogens is 1. The first-order valence-electron chi connectivity index (χ1n) is 7.43. The van der Waals surface area contributed by atoms with E-state index in [1.165, 1.54) is 11.1 Å². The molecule has 3 rings (SSSR count). The minimum atomic E-state index is -0.136. The van der Waals surface area contributed by atoms with Gasteiger partial charge in [-0.15, -0.1) is 12.4 Å². The second kappa shape index (κ2) is 8.91. The summed E-state index contributed by atoms with van der Waals surface area (Å²) in [6, 6.07) is 20.8. The van der Waals surface area contributed by atoms with Gasteiger partial charge in [-0.3, -0.25) is 4.90 Å². The molecule has 0 aliphatic carbocycles. The molecule has 0 spiro atoms. The maximum Gasteiger partial charge on any atom is 0.170 e. The molecule has 1 aliphatic heterocycles. The van der Waals surface area contributed by atoms with E-state index in [1.807, 2.05) is 18.2 Å². The third-order valence-corrected chi connectivity index (χ3v) is 3.65. The SMILES string of the molecule is Cl.c1ccc(COC2CN(Cc3ccccc3)CCO2)cc1. The Hall–Kier alpha value is -1.39. The first-order valence-corrected chi connectivity index (χ1v) is 7.43. The predicted molar refractivity (Wildman–Crippen MR) is 89.9 cm³/mol. The van der Waals surface area contributed by atoms with Crippen LogP contribution in [0.1, 0.15) is 11.1 Å². The van der Waals surface area contributed by atoms with Gasteiger partial charge in [0.2, 0.25) is 0 Å². The van der Waals surface area contributed by atoms with E-state index in [9.17, 15) is 0 Å². The van der Waals surface area contributed by atoms with Crippen LogP contribution in [0.2, 0.25) is 0 Å². The Bertz CT molecular complexity index is 535. The van der Waals surface area contributed by atoms with Gasteiger partial charge < -0.3 is 9.47 Å².